The summed E-state index contributed by atoms with van der Waals surface area (Å²) >= 11 is 0. The Bertz CT molecular complexity index is 884. The second-order valence-electron chi connectivity index (χ2n) is 8.46. The Morgan fingerprint density at radius 3 is 2.83 bits per heavy atom. The van der Waals surface area contributed by atoms with Crippen molar-refractivity contribution in [3.63, 3.8) is 0 Å². The van der Waals surface area contributed by atoms with Crippen LogP contribution in [0.1, 0.15) is 38.7 Å². The Kier molecular flexibility index (Phi) is 5.60. The molecule has 0 aliphatic carbocycles. The lowest BCUT2D eigenvalue weighted by atomic mass is 9.97. The Hall–Kier alpha value is -2.76. The van der Waals surface area contributed by atoms with E-state index in [9.17, 15) is 4.79 Å². The van der Waals surface area contributed by atoms with Gasteiger partial charge >= 0.3 is 0 Å². The average Bonchev–Trinajstić information content (AvgIpc) is 3.34. The molecule has 3 aliphatic rings. The molecule has 0 saturated carbocycles. The van der Waals surface area contributed by atoms with Gasteiger partial charge in [-0.3, -0.25) is 19.8 Å². The van der Waals surface area contributed by atoms with E-state index in [0.29, 0.717) is 12.3 Å². The van der Waals surface area contributed by atoms with Crippen molar-refractivity contribution in [3.05, 3.63) is 48.4 Å². The maximum atomic E-state index is 12.6. The van der Waals surface area contributed by atoms with Gasteiger partial charge in [0.1, 0.15) is 11.9 Å². The van der Waals surface area contributed by atoms with Gasteiger partial charge in [0.05, 0.1) is 5.71 Å². The van der Waals surface area contributed by atoms with E-state index in [2.05, 4.69) is 46.7 Å². The third kappa shape index (κ3) is 4.16. The van der Waals surface area contributed by atoms with Gasteiger partial charge in [-0.1, -0.05) is 13.8 Å². The number of aliphatic imine (C=N–C) groups is 2. The van der Waals surface area contributed by atoms with Crippen LogP contribution in [0.25, 0.3) is 5.57 Å². The predicted octanol–water partition coefficient (Wildman–Crippen LogP) is 3.18. The van der Waals surface area contributed by atoms with Crippen LogP contribution in [0.2, 0.25) is 0 Å². The number of pyridine rings is 1. The minimum atomic E-state index is -0.0675. The van der Waals surface area contributed by atoms with Crippen molar-refractivity contribution in [2.45, 2.75) is 45.2 Å². The Morgan fingerprint density at radius 2 is 2.07 bits per heavy atom. The number of dihydropyridines is 1. The summed E-state index contributed by atoms with van der Waals surface area (Å²) in [6, 6.07) is 4.19. The SMILES string of the molecule is CC(C)CC(=O)N1CCC[C@H]1CN(C)C1=NC2C(c3ccncc3)=CN=C2C=C1. The summed E-state index contributed by atoms with van der Waals surface area (Å²) in [6.07, 6.45) is 12.4. The highest BCUT2D eigenvalue weighted by Crippen LogP contribution is 2.29. The maximum Gasteiger partial charge on any atom is 0.223 e. The molecule has 2 atom stereocenters. The number of carbonyl (C=O) groups excluding carboxylic acids is 1. The summed E-state index contributed by atoms with van der Waals surface area (Å²) in [6.45, 7) is 5.89. The summed E-state index contributed by atoms with van der Waals surface area (Å²) < 4.78 is 0. The predicted molar refractivity (Wildman–Crippen MR) is 117 cm³/mol. The van der Waals surface area contributed by atoms with E-state index in [1.807, 2.05) is 24.4 Å². The van der Waals surface area contributed by atoms with Crippen molar-refractivity contribution in [2.75, 3.05) is 20.1 Å². The van der Waals surface area contributed by atoms with Crippen LogP contribution in [-0.2, 0) is 4.79 Å². The number of hydrogen-bond acceptors (Lipinski definition) is 5. The Morgan fingerprint density at radius 1 is 1.28 bits per heavy atom. The first kappa shape index (κ1) is 19.6. The molecule has 0 radical (unpaired) electrons. The maximum absolute atomic E-state index is 12.6. The van der Waals surface area contributed by atoms with Crippen molar-refractivity contribution in [1.82, 2.24) is 14.8 Å². The van der Waals surface area contributed by atoms with Crippen molar-refractivity contribution >= 4 is 23.0 Å². The van der Waals surface area contributed by atoms with Crippen LogP contribution in [0, 0.1) is 5.92 Å². The quantitative estimate of drug-likeness (QED) is 0.774. The van der Waals surface area contributed by atoms with Crippen LogP contribution >= 0.6 is 0 Å². The molecule has 1 aromatic heterocycles. The molecule has 0 bridgehead atoms. The fraction of sp³-hybridized carbons (Fsp3) is 0.478. The zero-order chi connectivity index (χ0) is 20.4. The Labute approximate surface area is 172 Å². The van der Waals surface area contributed by atoms with Crippen LogP contribution in [-0.4, -0.2) is 64.5 Å². The molecule has 4 rings (SSSR count). The van der Waals surface area contributed by atoms with Crippen molar-refractivity contribution < 1.29 is 4.79 Å². The minimum Gasteiger partial charge on any atom is -0.358 e. The van der Waals surface area contributed by atoms with Crippen molar-refractivity contribution in [1.29, 1.82) is 0 Å². The van der Waals surface area contributed by atoms with E-state index in [0.717, 1.165) is 48.6 Å². The van der Waals surface area contributed by atoms with Crippen LogP contribution in [0.15, 0.2) is 52.9 Å². The number of likely N-dealkylation sites (tertiary alicyclic amines) is 1. The molecule has 6 heteroatoms. The molecule has 0 aromatic carbocycles. The lowest BCUT2D eigenvalue weighted by molar-refractivity contribution is -0.132. The van der Waals surface area contributed by atoms with Crippen LogP contribution in [0.5, 0.6) is 0 Å². The van der Waals surface area contributed by atoms with E-state index in [-0.39, 0.29) is 18.0 Å². The molecule has 0 spiro atoms. The first-order valence-corrected chi connectivity index (χ1v) is 10.5. The fourth-order valence-corrected chi connectivity index (χ4v) is 4.28. The lowest BCUT2D eigenvalue weighted by Gasteiger charge is -2.31. The molecular formula is C23H29N5O. The van der Waals surface area contributed by atoms with E-state index in [1.54, 1.807) is 12.4 Å². The molecule has 6 nitrogen and oxygen atoms in total. The van der Waals surface area contributed by atoms with Gasteiger partial charge in [0.2, 0.25) is 5.91 Å². The van der Waals surface area contributed by atoms with Gasteiger partial charge in [-0.15, -0.1) is 0 Å². The highest BCUT2D eigenvalue weighted by molar-refractivity contribution is 6.17. The zero-order valence-electron chi connectivity index (χ0n) is 17.5. The summed E-state index contributed by atoms with van der Waals surface area (Å²) in [7, 11) is 2.07. The molecule has 0 N–H and O–H groups in total. The van der Waals surface area contributed by atoms with Crippen LogP contribution in [0.4, 0.5) is 0 Å². The largest absolute Gasteiger partial charge is 0.358 e. The molecule has 3 aliphatic heterocycles. The fourth-order valence-electron chi connectivity index (χ4n) is 4.28. The third-order valence-corrected chi connectivity index (χ3v) is 5.76. The van der Waals surface area contributed by atoms with Gasteiger partial charge in [-0.2, -0.15) is 0 Å². The molecular weight excluding hydrogens is 362 g/mol. The second kappa shape index (κ2) is 8.31. The van der Waals surface area contributed by atoms with Gasteiger partial charge in [0.25, 0.3) is 0 Å². The number of amides is 1. The van der Waals surface area contributed by atoms with Gasteiger partial charge in [-0.05, 0) is 48.6 Å². The lowest BCUT2D eigenvalue weighted by Crippen LogP contribution is -2.44. The number of likely N-dealkylation sites (N-methyl/N-ethyl adjacent to an activating group) is 1. The van der Waals surface area contributed by atoms with Gasteiger partial charge < -0.3 is 9.80 Å². The van der Waals surface area contributed by atoms with Crippen molar-refractivity contribution in [2.24, 2.45) is 15.9 Å². The number of fused-ring (bicyclic) bond motifs is 1. The number of aromatic nitrogens is 1. The molecule has 1 unspecified atom stereocenters. The standard InChI is InChI=1S/C23H29N5O/c1-16(2)13-22(29)28-12-4-5-18(28)15-27(3)21-7-6-20-23(26-21)19(14-25-20)17-8-10-24-11-9-17/h6-11,14,16,18,23H,4-5,12-13,15H2,1-3H3/t18-,23?/m0/s1. The molecule has 1 saturated heterocycles. The monoisotopic (exact) mass is 391 g/mol. The molecule has 1 aromatic rings. The van der Waals surface area contributed by atoms with Gasteiger partial charge in [0.15, 0.2) is 0 Å². The van der Waals surface area contributed by atoms with E-state index in [4.69, 9.17) is 4.99 Å². The summed E-state index contributed by atoms with van der Waals surface area (Å²) in [5, 5.41) is 0. The van der Waals surface area contributed by atoms with Crippen molar-refractivity contribution in [3.8, 4) is 0 Å². The molecule has 152 valence electrons. The topological polar surface area (TPSA) is 61.2 Å². The molecule has 1 fully saturated rings. The number of nitrogens with zero attached hydrogens (tertiary/aromatic N) is 5. The van der Waals surface area contributed by atoms with Gasteiger partial charge in [-0.25, -0.2) is 0 Å². The zero-order valence-corrected chi connectivity index (χ0v) is 17.5. The first-order valence-electron chi connectivity index (χ1n) is 10.5. The summed E-state index contributed by atoms with van der Waals surface area (Å²) in [5.74, 6) is 1.62. The summed E-state index contributed by atoms with van der Waals surface area (Å²) in [4.78, 5) is 30.5. The first-order chi connectivity index (χ1) is 14.0. The van der Waals surface area contributed by atoms with Crippen LogP contribution < -0.4 is 0 Å². The normalized spacial score (nSPS) is 23.0. The average molecular weight is 392 g/mol. The number of rotatable bonds is 5. The molecule has 4 heterocycles. The Balaban J connectivity index is 1.46. The number of carbonyl (C=O) groups is 1. The van der Waals surface area contributed by atoms with Crippen LogP contribution in [0.3, 0.4) is 0 Å². The summed E-state index contributed by atoms with van der Waals surface area (Å²) in [5.41, 5.74) is 3.18. The minimum absolute atomic E-state index is 0.0675. The third-order valence-electron chi connectivity index (χ3n) is 5.76. The highest BCUT2D eigenvalue weighted by atomic mass is 16.2. The smallest absolute Gasteiger partial charge is 0.223 e. The second-order valence-corrected chi connectivity index (χ2v) is 8.46. The van der Waals surface area contributed by atoms with E-state index < -0.39 is 0 Å². The van der Waals surface area contributed by atoms with Gasteiger partial charge in [0, 0.05) is 56.8 Å². The molecule has 1 amide bonds. The van der Waals surface area contributed by atoms with E-state index >= 15 is 0 Å². The highest BCUT2D eigenvalue weighted by Gasteiger charge is 2.32. The number of hydrogen-bond donors (Lipinski definition) is 0. The number of amidine groups is 1. The molecule has 29 heavy (non-hydrogen) atoms. The van der Waals surface area contributed by atoms with E-state index in [1.165, 1.54) is 0 Å².